The molecule has 80 valence electrons. The van der Waals surface area contributed by atoms with Gasteiger partial charge in [-0.1, -0.05) is 0 Å². The molecule has 0 fully saturated rings. The van der Waals surface area contributed by atoms with E-state index in [2.05, 4.69) is 5.73 Å². The Hall–Kier alpha value is -0.530. The fourth-order valence-electron chi connectivity index (χ4n) is 0.475. The van der Waals surface area contributed by atoms with Crippen LogP contribution >= 0.6 is 0 Å². The van der Waals surface area contributed by atoms with Gasteiger partial charge in [0, 0.05) is 0 Å². The van der Waals surface area contributed by atoms with E-state index in [0.29, 0.717) is 6.92 Å². The van der Waals surface area contributed by atoms with E-state index in [1.54, 1.807) is 0 Å². The first-order valence-electron chi connectivity index (χ1n) is 3.02. The summed E-state index contributed by atoms with van der Waals surface area (Å²) in [6.07, 6.45) is -6.30. The molecule has 0 spiro atoms. The molecular formula is C5H6F7N. The van der Waals surface area contributed by atoms with Crippen LogP contribution in [0.2, 0.25) is 0 Å². The minimum Gasteiger partial charge on any atom is -0.323 e. The molecule has 1 nitrogen and oxygen atoms in total. The van der Waals surface area contributed by atoms with Gasteiger partial charge in [-0.15, -0.1) is 0 Å². The van der Waals surface area contributed by atoms with Gasteiger partial charge in [-0.05, 0) is 6.92 Å². The zero-order valence-corrected chi connectivity index (χ0v) is 6.30. The first kappa shape index (κ1) is 12.5. The van der Waals surface area contributed by atoms with E-state index in [1.807, 2.05) is 0 Å². The summed E-state index contributed by atoms with van der Waals surface area (Å²) in [6.45, 7) is 0.375. The second-order valence-corrected chi connectivity index (χ2v) is 2.48. The van der Waals surface area contributed by atoms with Gasteiger partial charge >= 0.3 is 18.0 Å². The van der Waals surface area contributed by atoms with Crippen LogP contribution in [0.4, 0.5) is 30.7 Å². The molecule has 0 bridgehead atoms. The average Bonchev–Trinajstić information content (AvgIpc) is 1.84. The first-order valence-corrected chi connectivity index (χ1v) is 3.02. The van der Waals surface area contributed by atoms with Gasteiger partial charge in [-0.3, -0.25) is 0 Å². The maximum Gasteiger partial charge on any atom is 0.459 e. The third-order valence-corrected chi connectivity index (χ3v) is 1.35. The van der Waals surface area contributed by atoms with Crippen LogP contribution in [0.5, 0.6) is 0 Å². The zero-order valence-electron chi connectivity index (χ0n) is 6.30. The lowest BCUT2D eigenvalue weighted by molar-refractivity contribution is -0.357. The van der Waals surface area contributed by atoms with Crippen LogP contribution in [0, 0.1) is 0 Å². The number of nitrogens with two attached hydrogens (primary N) is 1. The summed E-state index contributed by atoms with van der Waals surface area (Å²) >= 11 is 0. The molecular weight excluding hydrogens is 207 g/mol. The van der Waals surface area contributed by atoms with Crippen molar-refractivity contribution in [1.29, 1.82) is 0 Å². The standard InChI is InChI=1S/C5H6F7N/c1-2(13)3(6,7)4(8,9)5(10,11)12/h2H,13H2,1H3/t2-/m0/s1. The summed E-state index contributed by atoms with van der Waals surface area (Å²) in [4.78, 5) is 0. The molecule has 0 heterocycles. The molecule has 0 saturated heterocycles. The van der Waals surface area contributed by atoms with Gasteiger partial charge in [-0.25, -0.2) is 0 Å². The van der Waals surface area contributed by atoms with Crippen LogP contribution in [0.15, 0.2) is 0 Å². The van der Waals surface area contributed by atoms with E-state index in [1.165, 1.54) is 0 Å². The van der Waals surface area contributed by atoms with E-state index >= 15 is 0 Å². The molecule has 0 radical (unpaired) electrons. The van der Waals surface area contributed by atoms with E-state index in [4.69, 9.17) is 0 Å². The Morgan fingerprint density at radius 2 is 1.23 bits per heavy atom. The molecule has 0 amide bonds. The highest BCUT2D eigenvalue weighted by Crippen LogP contribution is 2.47. The lowest BCUT2D eigenvalue weighted by Crippen LogP contribution is -2.59. The van der Waals surface area contributed by atoms with Gasteiger partial charge in [0.25, 0.3) is 0 Å². The van der Waals surface area contributed by atoms with Gasteiger partial charge in [0.05, 0.1) is 6.04 Å². The van der Waals surface area contributed by atoms with Crippen molar-refractivity contribution in [3.05, 3.63) is 0 Å². The number of hydrogen-bond donors (Lipinski definition) is 1. The SMILES string of the molecule is C[C@H](N)C(F)(F)C(F)(F)C(F)(F)F. The highest BCUT2D eigenvalue weighted by atomic mass is 19.4. The summed E-state index contributed by atoms with van der Waals surface area (Å²) in [5.41, 5.74) is 4.32. The minimum absolute atomic E-state index is 0.375. The largest absolute Gasteiger partial charge is 0.459 e. The molecule has 13 heavy (non-hydrogen) atoms. The summed E-state index contributed by atoms with van der Waals surface area (Å²) in [7, 11) is 0. The van der Waals surface area contributed by atoms with Gasteiger partial charge in [0.2, 0.25) is 0 Å². The zero-order chi connectivity index (χ0) is 11.1. The molecule has 0 aromatic carbocycles. The molecule has 0 aromatic heterocycles. The summed E-state index contributed by atoms with van der Waals surface area (Å²) in [5, 5.41) is 0. The molecule has 0 aliphatic heterocycles. The summed E-state index contributed by atoms with van der Waals surface area (Å²) in [6, 6.07) is -2.58. The molecule has 0 unspecified atom stereocenters. The monoisotopic (exact) mass is 213 g/mol. The Labute approximate surface area is 68.7 Å². The Morgan fingerprint density at radius 3 is 1.31 bits per heavy atom. The maximum absolute atomic E-state index is 12.2. The average molecular weight is 213 g/mol. The highest BCUT2D eigenvalue weighted by Gasteiger charge is 2.74. The Kier molecular flexibility index (Phi) is 2.88. The predicted octanol–water partition coefficient (Wildman–Crippen LogP) is 2.17. The molecule has 2 N–H and O–H groups in total. The van der Waals surface area contributed by atoms with Crippen LogP contribution in [-0.4, -0.2) is 24.1 Å². The van der Waals surface area contributed by atoms with E-state index in [9.17, 15) is 30.7 Å². The van der Waals surface area contributed by atoms with E-state index in [-0.39, 0.29) is 0 Å². The smallest absolute Gasteiger partial charge is 0.323 e. The van der Waals surface area contributed by atoms with E-state index < -0.39 is 24.1 Å². The van der Waals surface area contributed by atoms with Crippen molar-refractivity contribution in [2.45, 2.75) is 31.0 Å². The third kappa shape index (κ3) is 1.87. The number of alkyl halides is 7. The fraction of sp³-hybridized carbons (Fsp3) is 1.00. The molecule has 8 heteroatoms. The molecule has 1 atom stereocenters. The van der Waals surface area contributed by atoms with Crippen LogP contribution in [0.1, 0.15) is 6.92 Å². The maximum atomic E-state index is 12.2. The van der Waals surface area contributed by atoms with Gasteiger partial charge in [-0.2, -0.15) is 30.7 Å². The van der Waals surface area contributed by atoms with Crippen molar-refractivity contribution in [3.63, 3.8) is 0 Å². The number of hydrogen-bond acceptors (Lipinski definition) is 1. The summed E-state index contributed by atoms with van der Waals surface area (Å²) in [5.74, 6) is -11.4. The Bertz CT molecular complexity index is 182. The van der Waals surface area contributed by atoms with E-state index in [0.717, 1.165) is 0 Å². The third-order valence-electron chi connectivity index (χ3n) is 1.35. The van der Waals surface area contributed by atoms with Crippen molar-refractivity contribution in [3.8, 4) is 0 Å². The molecule has 0 saturated carbocycles. The van der Waals surface area contributed by atoms with Crippen LogP contribution in [0.3, 0.4) is 0 Å². The summed E-state index contributed by atoms with van der Waals surface area (Å²) < 4.78 is 82.7. The lowest BCUT2D eigenvalue weighted by Gasteiger charge is -2.30. The van der Waals surface area contributed by atoms with Crippen molar-refractivity contribution in [2.75, 3.05) is 0 Å². The Balaban J connectivity index is 5.04. The van der Waals surface area contributed by atoms with Crippen molar-refractivity contribution >= 4 is 0 Å². The molecule has 0 rings (SSSR count). The molecule has 0 aliphatic carbocycles. The topological polar surface area (TPSA) is 26.0 Å². The first-order chi connectivity index (χ1) is 5.44. The Morgan fingerprint density at radius 1 is 0.923 bits per heavy atom. The van der Waals surface area contributed by atoms with Crippen LogP contribution in [0.25, 0.3) is 0 Å². The minimum atomic E-state index is -6.30. The van der Waals surface area contributed by atoms with Crippen LogP contribution < -0.4 is 5.73 Å². The fourth-order valence-corrected chi connectivity index (χ4v) is 0.475. The van der Waals surface area contributed by atoms with Crippen molar-refractivity contribution < 1.29 is 30.7 Å². The van der Waals surface area contributed by atoms with Crippen molar-refractivity contribution in [2.24, 2.45) is 5.73 Å². The quantitative estimate of drug-likeness (QED) is 0.699. The number of rotatable bonds is 2. The molecule has 0 aromatic rings. The van der Waals surface area contributed by atoms with Crippen molar-refractivity contribution in [1.82, 2.24) is 0 Å². The number of halogens is 7. The van der Waals surface area contributed by atoms with Gasteiger partial charge < -0.3 is 5.73 Å². The normalized spacial score (nSPS) is 17.3. The lowest BCUT2D eigenvalue weighted by atomic mass is 10.1. The highest BCUT2D eigenvalue weighted by molar-refractivity contribution is 4.95. The van der Waals surface area contributed by atoms with Gasteiger partial charge in [0.1, 0.15) is 0 Å². The van der Waals surface area contributed by atoms with Crippen LogP contribution in [-0.2, 0) is 0 Å². The van der Waals surface area contributed by atoms with Gasteiger partial charge in [0.15, 0.2) is 0 Å². The second kappa shape index (κ2) is 3.00. The second-order valence-electron chi connectivity index (χ2n) is 2.48. The molecule has 0 aliphatic rings. The predicted molar refractivity (Wildman–Crippen MR) is 29.6 cm³/mol.